The predicted octanol–water partition coefficient (Wildman–Crippen LogP) is 3.57. The van der Waals surface area contributed by atoms with Crippen molar-refractivity contribution in [2.45, 2.75) is 20.3 Å². The Balaban J connectivity index is 1.69. The zero-order valence-electron chi connectivity index (χ0n) is 18.1. The van der Waals surface area contributed by atoms with Gasteiger partial charge in [0, 0.05) is 50.2 Å². The summed E-state index contributed by atoms with van der Waals surface area (Å²) >= 11 is 0. The highest BCUT2D eigenvalue weighted by Crippen LogP contribution is 2.35. The molecule has 30 heavy (non-hydrogen) atoms. The predicted molar refractivity (Wildman–Crippen MR) is 120 cm³/mol. The van der Waals surface area contributed by atoms with Crippen molar-refractivity contribution in [3.63, 3.8) is 0 Å². The fourth-order valence-corrected chi connectivity index (χ4v) is 3.87. The van der Waals surface area contributed by atoms with E-state index in [1.165, 1.54) is 0 Å². The third-order valence-corrected chi connectivity index (χ3v) is 5.37. The molecule has 1 saturated heterocycles. The Bertz CT molecular complexity index is 1000. The first kappa shape index (κ1) is 20.2. The van der Waals surface area contributed by atoms with Gasteiger partial charge < -0.3 is 19.3 Å². The zero-order chi connectivity index (χ0) is 21.1. The number of anilines is 2. The molecule has 2 aromatic heterocycles. The topological polar surface area (TPSA) is 63.6 Å². The Morgan fingerprint density at radius 2 is 1.63 bits per heavy atom. The van der Waals surface area contributed by atoms with Crippen molar-refractivity contribution in [3.05, 3.63) is 42.4 Å². The summed E-state index contributed by atoms with van der Waals surface area (Å²) < 4.78 is 11.0. The molecule has 7 nitrogen and oxygen atoms in total. The van der Waals surface area contributed by atoms with Gasteiger partial charge in [0.25, 0.3) is 0 Å². The van der Waals surface area contributed by atoms with Crippen molar-refractivity contribution in [1.82, 2.24) is 15.0 Å². The van der Waals surface area contributed by atoms with Crippen molar-refractivity contribution < 1.29 is 9.47 Å². The van der Waals surface area contributed by atoms with E-state index in [0.29, 0.717) is 17.4 Å². The lowest BCUT2D eigenvalue weighted by atomic mass is 10.1. The fraction of sp³-hybridized carbons (Fsp3) is 0.435. The first-order valence-corrected chi connectivity index (χ1v) is 10.4. The number of aromatic nitrogens is 3. The van der Waals surface area contributed by atoms with Crippen LogP contribution in [0.15, 0.2) is 36.5 Å². The van der Waals surface area contributed by atoms with Crippen molar-refractivity contribution in [3.8, 4) is 11.5 Å². The Morgan fingerprint density at radius 1 is 0.933 bits per heavy atom. The van der Waals surface area contributed by atoms with Gasteiger partial charge in [-0.25, -0.2) is 15.0 Å². The number of rotatable bonds is 6. The molecule has 0 unspecified atom stereocenters. The highest BCUT2D eigenvalue weighted by atomic mass is 16.5. The van der Waals surface area contributed by atoms with Crippen LogP contribution in [-0.2, 0) is 6.42 Å². The minimum atomic E-state index is 0.483. The summed E-state index contributed by atoms with van der Waals surface area (Å²) in [6.07, 6.45) is 2.68. The lowest BCUT2D eigenvalue weighted by Crippen LogP contribution is -2.47. The summed E-state index contributed by atoms with van der Waals surface area (Å²) in [4.78, 5) is 19.0. The summed E-state index contributed by atoms with van der Waals surface area (Å²) in [6, 6.07) is 9.99. The van der Waals surface area contributed by atoms with Gasteiger partial charge in [-0.1, -0.05) is 19.9 Å². The van der Waals surface area contributed by atoms with Crippen LogP contribution in [0.5, 0.6) is 11.5 Å². The van der Waals surface area contributed by atoms with Gasteiger partial charge in [0.15, 0.2) is 11.5 Å². The lowest BCUT2D eigenvalue weighted by molar-refractivity contribution is 0.355. The Morgan fingerprint density at radius 3 is 2.27 bits per heavy atom. The van der Waals surface area contributed by atoms with E-state index in [-0.39, 0.29) is 0 Å². The highest BCUT2D eigenvalue weighted by molar-refractivity contribution is 5.92. The van der Waals surface area contributed by atoms with Gasteiger partial charge in [0.2, 0.25) is 0 Å². The molecule has 7 heteroatoms. The van der Waals surface area contributed by atoms with E-state index in [1.807, 2.05) is 30.5 Å². The molecule has 1 aromatic carbocycles. The molecule has 0 saturated carbocycles. The number of benzene rings is 1. The smallest absolute Gasteiger partial charge is 0.162 e. The van der Waals surface area contributed by atoms with Crippen LogP contribution in [0.2, 0.25) is 0 Å². The van der Waals surface area contributed by atoms with Crippen LogP contribution in [0, 0.1) is 5.92 Å². The molecular weight excluding hydrogens is 378 g/mol. The number of nitrogens with zero attached hydrogens (tertiary/aromatic N) is 5. The van der Waals surface area contributed by atoms with E-state index in [0.717, 1.165) is 61.0 Å². The van der Waals surface area contributed by atoms with Gasteiger partial charge in [-0.05, 0) is 24.1 Å². The van der Waals surface area contributed by atoms with E-state index < -0.39 is 0 Å². The third-order valence-electron chi connectivity index (χ3n) is 5.37. The van der Waals surface area contributed by atoms with E-state index in [1.54, 1.807) is 14.2 Å². The first-order valence-electron chi connectivity index (χ1n) is 10.4. The van der Waals surface area contributed by atoms with Crippen LogP contribution in [0.3, 0.4) is 0 Å². The molecule has 0 amide bonds. The summed E-state index contributed by atoms with van der Waals surface area (Å²) in [7, 11) is 3.31. The summed E-state index contributed by atoms with van der Waals surface area (Å²) in [5.74, 6) is 4.72. The van der Waals surface area contributed by atoms with Gasteiger partial charge in [-0.15, -0.1) is 0 Å². The number of ether oxygens (including phenoxy) is 2. The SMILES string of the molecule is COc1cc2nc(CC(C)C)nc(N3CCN(c4ccccn4)CC3)c2cc1OC. The minimum absolute atomic E-state index is 0.483. The van der Waals surface area contributed by atoms with E-state index >= 15 is 0 Å². The number of pyridine rings is 1. The molecule has 0 bridgehead atoms. The van der Waals surface area contributed by atoms with Gasteiger partial charge in [-0.2, -0.15) is 0 Å². The molecule has 0 spiro atoms. The van der Waals surface area contributed by atoms with E-state index in [2.05, 4.69) is 34.7 Å². The van der Waals surface area contributed by atoms with Crippen molar-refractivity contribution in [1.29, 1.82) is 0 Å². The van der Waals surface area contributed by atoms with Gasteiger partial charge in [0.05, 0.1) is 19.7 Å². The molecule has 0 radical (unpaired) electrons. The molecule has 4 rings (SSSR count). The standard InChI is InChI=1S/C23H29N5O2/c1-16(2)13-21-25-18-15-20(30-4)19(29-3)14-17(18)23(26-21)28-11-9-27(10-12-28)22-7-5-6-8-24-22/h5-8,14-16H,9-13H2,1-4H3. The average molecular weight is 408 g/mol. The Kier molecular flexibility index (Phi) is 5.88. The minimum Gasteiger partial charge on any atom is -0.493 e. The quantitative estimate of drug-likeness (QED) is 0.619. The monoisotopic (exact) mass is 407 g/mol. The molecule has 0 N–H and O–H groups in total. The van der Waals surface area contributed by atoms with Crippen LogP contribution in [-0.4, -0.2) is 55.4 Å². The number of piperazine rings is 1. The molecule has 0 aliphatic carbocycles. The maximum absolute atomic E-state index is 5.54. The number of methoxy groups -OCH3 is 2. The van der Waals surface area contributed by atoms with Crippen LogP contribution in [0.1, 0.15) is 19.7 Å². The summed E-state index contributed by atoms with van der Waals surface area (Å²) in [6.45, 7) is 7.92. The van der Waals surface area contributed by atoms with Crippen LogP contribution >= 0.6 is 0 Å². The summed E-state index contributed by atoms with van der Waals surface area (Å²) in [5.41, 5.74) is 0.889. The molecule has 3 heterocycles. The van der Waals surface area contributed by atoms with E-state index in [4.69, 9.17) is 19.4 Å². The Labute approximate surface area is 177 Å². The third kappa shape index (κ3) is 4.10. The molecular formula is C23H29N5O2. The van der Waals surface area contributed by atoms with Crippen LogP contribution in [0.4, 0.5) is 11.6 Å². The second-order valence-corrected chi connectivity index (χ2v) is 7.95. The second-order valence-electron chi connectivity index (χ2n) is 7.95. The number of fused-ring (bicyclic) bond motifs is 1. The summed E-state index contributed by atoms with van der Waals surface area (Å²) in [5, 5.41) is 0.992. The van der Waals surface area contributed by atoms with Crippen molar-refractivity contribution >= 4 is 22.5 Å². The Hall–Kier alpha value is -3.09. The number of hydrogen-bond acceptors (Lipinski definition) is 7. The van der Waals surface area contributed by atoms with E-state index in [9.17, 15) is 0 Å². The highest BCUT2D eigenvalue weighted by Gasteiger charge is 2.23. The molecule has 1 aliphatic rings. The van der Waals surface area contributed by atoms with Gasteiger partial charge in [-0.3, -0.25) is 0 Å². The fourth-order valence-electron chi connectivity index (χ4n) is 3.87. The second kappa shape index (κ2) is 8.73. The molecule has 3 aromatic rings. The van der Waals surface area contributed by atoms with Gasteiger partial charge in [0.1, 0.15) is 17.5 Å². The molecule has 1 fully saturated rings. The van der Waals surface area contributed by atoms with Crippen molar-refractivity contribution in [2.75, 3.05) is 50.2 Å². The molecule has 158 valence electrons. The van der Waals surface area contributed by atoms with Crippen LogP contribution in [0.25, 0.3) is 10.9 Å². The van der Waals surface area contributed by atoms with Crippen molar-refractivity contribution in [2.24, 2.45) is 5.92 Å². The maximum atomic E-state index is 5.54. The molecule has 0 atom stereocenters. The lowest BCUT2D eigenvalue weighted by Gasteiger charge is -2.36. The van der Waals surface area contributed by atoms with Crippen LogP contribution < -0.4 is 19.3 Å². The largest absolute Gasteiger partial charge is 0.493 e. The normalized spacial score (nSPS) is 14.4. The maximum Gasteiger partial charge on any atom is 0.162 e. The number of hydrogen-bond donors (Lipinski definition) is 0. The molecule has 1 aliphatic heterocycles. The zero-order valence-corrected chi connectivity index (χ0v) is 18.1. The average Bonchev–Trinajstić information content (AvgIpc) is 2.78. The first-order chi connectivity index (χ1) is 14.6. The van der Waals surface area contributed by atoms with Gasteiger partial charge >= 0.3 is 0 Å².